The van der Waals surface area contributed by atoms with E-state index in [1.165, 1.54) is 66.7 Å². The van der Waals surface area contributed by atoms with Gasteiger partial charge >= 0.3 is 0 Å². The van der Waals surface area contributed by atoms with Gasteiger partial charge in [0.1, 0.15) is 5.84 Å². The molecule has 1 unspecified atom stereocenters. The van der Waals surface area contributed by atoms with E-state index in [1.807, 2.05) is 6.07 Å². The van der Waals surface area contributed by atoms with Crippen LogP contribution in [0.3, 0.4) is 0 Å². The Morgan fingerprint density at radius 2 is 0.983 bits per heavy atom. The second-order valence-corrected chi connectivity index (χ2v) is 16.0. The zero-order valence-electron chi connectivity index (χ0n) is 32.8. The summed E-state index contributed by atoms with van der Waals surface area (Å²) in [4.78, 5) is 7.70. The van der Waals surface area contributed by atoms with Gasteiger partial charge in [-0.3, -0.25) is 0 Å². The zero-order valence-corrected chi connectivity index (χ0v) is 32.8. The quantitative estimate of drug-likeness (QED) is 0.189. The van der Waals surface area contributed by atoms with E-state index in [-0.39, 0.29) is 6.04 Å². The molecule has 0 saturated carbocycles. The van der Waals surface area contributed by atoms with E-state index in [1.54, 1.807) is 0 Å². The first-order valence-electron chi connectivity index (χ1n) is 20.7. The highest BCUT2D eigenvalue weighted by atomic mass is 15.2. The number of hydrogen-bond donors (Lipinski definition) is 1. The molecule has 1 N–H and O–H groups in total. The van der Waals surface area contributed by atoms with Crippen LogP contribution in [0.4, 0.5) is 17.1 Å². The lowest BCUT2D eigenvalue weighted by atomic mass is 9.64. The smallest absolute Gasteiger partial charge is 0.134 e. The Morgan fingerprint density at radius 1 is 0.417 bits per heavy atom. The lowest BCUT2D eigenvalue weighted by Crippen LogP contribution is -2.36. The molecule has 1 spiro atoms. The SMILES string of the molecule is C1=C(c2cccc(-c3ccc4c(c3)C3(c5cc6ccccc6cc5-4)c4ccccc4N(c4ccccc4)c4ccccc43)c2)N=C(c2ccccc2)NC1c1ccccc1. The molecule has 3 heteroatoms. The first kappa shape index (κ1) is 34.3. The number of para-hydroxylation sites is 3. The molecule has 0 aromatic heterocycles. The molecule has 0 amide bonds. The van der Waals surface area contributed by atoms with Gasteiger partial charge in [0, 0.05) is 16.8 Å². The highest BCUT2D eigenvalue weighted by Gasteiger charge is 2.52. The molecule has 2 heterocycles. The van der Waals surface area contributed by atoms with Gasteiger partial charge in [-0.2, -0.15) is 0 Å². The van der Waals surface area contributed by atoms with Gasteiger partial charge < -0.3 is 10.2 Å². The number of nitrogens with one attached hydrogen (secondary N) is 1. The van der Waals surface area contributed by atoms with Gasteiger partial charge in [0.25, 0.3) is 0 Å². The van der Waals surface area contributed by atoms with Crippen molar-refractivity contribution in [1.82, 2.24) is 5.32 Å². The maximum absolute atomic E-state index is 5.26. The van der Waals surface area contributed by atoms with E-state index in [2.05, 4.69) is 229 Å². The molecule has 0 saturated heterocycles. The summed E-state index contributed by atoms with van der Waals surface area (Å²) >= 11 is 0. The van der Waals surface area contributed by atoms with E-state index >= 15 is 0 Å². The highest BCUT2D eigenvalue weighted by molar-refractivity contribution is 6.04. The van der Waals surface area contributed by atoms with Gasteiger partial charge in [0.2, 0.25) is 0 Å². The summed E-state index contributed by atoms with van der Waals surface area (Å²) in [5.74, 6) is 0.871. The zero-order chi connectivity index (χ0) is 39.6. The molecule has 1 aliphatic carbocycles. The fourth-order valence-electron chi connectivity index (χ4n) is 10.0. The Morgan fingerprint density at radius 3 is 1.72 bits per heavy atom. The van der Waals surface area contributed by atoms with Crippen LogP contribution in [0.2, 0.25) is 0 Å². The van der Waals surface area contributed by atoms with Gasteiger partial charge in [-0.05, 0) is 115 Å². The summed E-state index contributed by atoms with van der Waals surface area (Å²) in [6.45, 7) is 0. The third-order valence-corrected chi connectivity index (χ3v) is 12.7. The molecule has 282 valence electrons. The number of rotatable bonds is 5. The maximum Gasteiger partial charge on any atom is 0.134 e. The number of amidine groups is 1. The fraction of sp³-hybridized carbons (Fsp3) is 0.0351. The van der Waals surface area contributed by atoms with Crippen molar-refractivity contribution >= 4 is 39.4 Å². The number of anilines is 3. The van der Waals surface area contributed by atoms with E-state index in [9.17, 15) is 0 Å². The summed E-state index contributed by atoms with van der Waals surface area (Å²) in [6.07, 6.45) is 2.26. The Kier molecular flexibility index (Phi) is 7.82. The van der Waals surface area contributed by atoms with Gasteiger partial charge in [-0.25, -0.2) is 4.99 Å². The standard InChI is InChI=1S/C57H39N3/c1-4-17-38(18-5-1)52-37-53(59-56(58-52)39-19-6-2-7-20-39)44-24-16-23-40(33-44)43-31-32-46-47-34-41-21-10-11-22-42(41)35-51(47)57(50(46)36-43)48-27-12-14-29-54(48)60(45-25-8-3-9-26-45)55-30-15-13-28-49(55)57/h1-37,52H,(H,58,59). The van der Waals surface area contributed by atoms with Crippen LogP contribution < -0.4 is 10.2 Å². The molecule has 0 fully saturated rings. The van der Waals surface area contributed by atoms with Crippen molar-refractivity contribution in [3.05, 3.63) is 263 Å². The Labute approximate surface area is 350 Å². The molecule has 9 aromatic rings. The van der Waals surface area contributed by atoms with Crippen molar-refractivity contribution in [1.29, 1.82) is 0 Å². The highest BCUT2D eigenvalue weighted by Crippen LogP contribution is 2.64. The average Bonchev–Trinajstić information content (AvgIpc) is 3.60. The average molecular weight is 766 g/mol. The van der Waals surface area contributed by atoms with Crippen LogP contribution in [-0.4, -0.2) is 5.84 Å². The molecule has 3 nitrogen and oxygen atoms in total. The first-order chi connectivity index (χ1) is 29.7. The lowest BCUT2D eigenvalue weighted by Gasteiger charge is -2.45. The minimum absolute atomic E-state index is 0.0201. The number of hydrogen-bond acceptors (Lipinski definition) is 3. The molecule has 60 heavy (non-hydrogen) atoms. The van der Waals surface area contributed by atoms with Crippen LogP contribution in [0.25, 0.3) is 38.7 Å². The van der Waals surface area contributed by atoms with Crippen LogP contribution >= 0.6 is 0 Å². The van der Waals surface area contributed by atoms with Crippen LogP contribution in [0.15, 0.2) is 229 Å². The molecular formula is C57H39N3. The van der Waals surface area contributed by atoms with Gasteiger partial charge in [0.05, 0.1) is 28.5 Å². The predicted octanol–water partition coefficient (Wildman–Crippen LogP) is 13.8. The molecule has 12 rings (SSSR count). The number of benzene rings is 9. The Hall–Kier alpha value is -7.75. The van der Waals surface area contributed by atoms with Crippen LogP contribution in [0, 0.1) is 0 Å². The molecule has 1 atom stereocenters. The van der Waals surface area contributed by atoms with Crippen molar-refractivity contribution in [2.24, 2.45) is 4.99 Å². The van der Waals surface area contributed by atoms with Crippen molar-refractivity contribution in [2.45, 2.75) is 11.5 Å². The van der Waals surface area contributed by atoms with Crippen molar-refractivity contribution in [3.63, 3.8) is 0 Å². The van der Waals surface area contributed by atoms with Gasteiger partial charge in [-0.1, -0.05) is 170 Å². The third-order valence-electron chi connectivity index (χ3n) is 12.7. The van der Waals surface area contributed by atoms with Crippen LogP contribution in [0.5, 0.6) is 0 Å². The summed E-state index contributed by atoms with van der Waals surface area (Å²) in [7, 11) is 0. The number of nitrogens with zero attached hydrogens (tertiary/aromatic N) is 2. The second kappa shape index (κ2) is 13.7. The summed E-state index contributed by atoms with van der Waals surface area (Å²) in [5, 5.41) is 6.21. The molecule has 3 aliphatic rings. The number of aliphatic imine (C=N–C) groups is 1. The molecule has 2 aliphatic heterocycles. The number of fused-ring (bicyclic) bond motifs is 10. The minimum Gasteiger partial charge on any atom is -0.359 e. The van der Waals surface area contributed by atoms with E-state index in [0.29, 0.717) is 0 Å². The molecular weight excluding hydrogens is 727 g/mol. The van der Waals surface area contributed by atoms with E-state index < -0.39 is 5.41 Å². The topological polar surface area (TPSA) is 27.6 Å². The second-order valence-electron chi connectivity index (χ2n) is 16.0. The van der Waals surface area contributed by atoms with Gasteiger partial charge in [0.15, 0.2) is 0 Å². The maximum atomic E-state index is 5.26. The lowest BCUT2D eigenvalue weighted by molar-refractivity contribution is 0.754. The summed E-state index contributed by atoms with van der Waals surface area (Å²) in [5.41, 5.74) is 17.4. The van der Waals surface area contributed by atoms with Crippen molar-refractivity contribution < 1.29 is 0 Å². The van der Waals surface area contributed by atoms with Crippen molar-refractivity contribution in [2.75, 3.05) is 4.90 Å². The van der Waals surface area contributed by atoms with E-state index in [4.69, 9.17) is 4.99 Å². The van der Waals surface area contributed by atoms with E-state index in [0.717, 1.165) is 33.9 Å². The van der Waals surface area contributed by atoms with Crippen molar-refractivity contribution in [3.8, 4) is 22.3 Å². The monoisotopic (exact) mass is 765 g/mol. The van der Waals surface area contributed by atoms with Gasteiger partial charge in [-0.15, -0.1) is 0 Å². The normalized spacial score (nSPS) is 15.6. The Balaban J connectivity index is 1.07. The molecule has 0 bridgehead atoms. The fourth-order valence-corrected chi connectivity index (χ4v) is 10.0. The first-order valence-corrected chi connectivity index (χ1v) is 20.7. The summed E-state index contributed by atoms with van der Waals surface area (Å²) < 4.78 is 0. The largest absolute Gasteiger partial charge is 0.359 e. The van der Waals surface area contributed by atoms with Crippen LogP contribution in [-0.2, 0) is 5.41 Å². The van der Waals surface area contributed by atoms with Crippen LogP contribution in [0.1, 0.15) is 45.0 Å². The third kappa shape index (κ3) is 5.26. The minimum atomic E-state index is -0.559. The molecule has 9 aromatic carbocycles. The molecule has 0 radical (unpaired) electrons. The summed E-state index contributed by atoms with van der Waals surface area (Å²) in [6, 6.07) is 79.7. The Bertz CT molecular complexity index is 3140. The predicted molar refractivity (Wildman–Crippen MR) is 248 cm³/mol.